The molecule has 2 aromatic rings. The van der Waals surface area contributed by atoms with Crippen molar-refractivity contribution in [3.8, 4) is 0 Å². The Morgan fingerprint density at radius 3 is 2.88 bits per heavy atom. The highest BCUT2D eigenvalue weighted by molar-refractivity contribution is 5.33. The summed E-state index contributed by atoms with van der Waals surface area (Å²) in [5.41, 5.74) is 1.94. The second-order valence-corrected chi connectivity index (χ2v) is 3.70. The average Bonchev–Trinajstić information content (AvgIpc) is 2.78. The van der Waals surface area contributed by atoms with Crippen LogP contribution in [0.15, 0.2) is 30.6 Å². The van der Waals surface area contributed by atoms with Gasteiger partial charge in [-0.1, -0.05) is 6.07 Å². The van der Waals surface area contributed by atoms with E-state index in [4.69, 9.17) is 0 Å². The van der Waals surface area contributed by atoms with Gasteiger partial charge in [0.2, 0.25) is 0 Å². The van der Waals surface area contributed by atoms with Gasteiger partial charge in [-0.2, -0.15) is 0 Å². The van der Waals surface area contributed by atoms with E-state index >= 15 is 0 Å². The normalized spacial score (nSPS) is 12.7. The maximum atomic E-state index is 13.2. The number of nitrogens with zero attached hydrogens (tertiary/aromatic N) is 1. The molecule has 0 saturated heterocycles. The van der Waals surface area contributed by atoms with Gasteiger partial charge in [-0.15, -0.1) is 0 Å². The molecule has 16 heavy (non-hydrogen) atoms. The van der Waals surface area contributed by atoms with E-state index < -0.39 is 0 Å². The molecule has 1 unspecified atom stereocenters. The molecule has 0 bridgehead atoms. The van der Waals surface area contributed by atoms with Crippen molar-refractivity contribution < 1.29 is 4.39 Å². The molecule has 2 N–H and O–H groups in total. The van der Waals surface area contributed by atoms with E-state index in [1.807, 2.05) is 14.0 Å². The van der Waals surface area contributed by atoms with Crippen LogP contribution >= 0.6 is 0 Å². The summed E-state index contributed by atoms with van der Waals surface area (Å²) in [7, 11) is 1.83. The second-order valence-electron chi connectivity index (χ2n) is 3.70. The fourth-order valence-electron chi connectivity index (χ4n) is 1.80. The van der Waals surface area contributed by atoms with Gasteiger partial charge in [-0.25, -0.2) is 9.37 Å². The first-order chi connectivity index (χ1) is 7.72. The molecule has 1 aromatic heterocycles. The van der Waals surface area contributed by atoms with Crippen LogP contribution in [0.1, 0.15) is 23.0 Å². The van der Waals surface area contributed by atoms with Gasteiger partial charge in [0.05, 0.1) is 6.04 Å². The molecule has 0 fully saturated rings. The number of benzene rings is 1. The van der Waals surface area contributed by atoms with Gasteiger partial charge >= 0.3 is 0 Å². The van der Waals surface area contributed by atoms with Gasteiger partial charge in [0, 0.05) is 12.4 Å². The standard InChI is InChI=1S/C12H14FN3/c1-8-3-4-9(13)7-10(8)11(14-2)12-15-5-6-16-12/h3-7,11,14H,1-2H3,(H,15,16). The lowest BCUT2D eigenvalue weighted by Gasteiger charge is -2.16. The van der Waals surface area contributed by atoms with E-state index in [2.05, 4.69) is 15.3 Å². The molecule has 0 saturated carbocycles. The van der Waals surface area contributed by atoms with Crippen LogP contribution in [-0.4, -0.2) is 17.0 Å². The lowest BCUT2D eigenvalue weighted by atomic mass is 10.0. The zero-order chi connectivity index (χ0) is 11.5. The summed E-state index contributed by atoms with van der Waals surface area (Å²) in [6.45, 7) is 1.96. The van der Waals surface area contributed by atoms with Gasteiger partial charge in [0.1, 0.15) is 11.6 Å². The van der Waals surface area contributed by atoms with E-state index in [9.17, 15) is 4.39 Å². The van der Waals surface area contributed by atoms with Gasteiger partial charge in [-0.05, 0) is 37.2 Å². The minimum Gasteiger partial charge on any atom is -0.347 e. The minimum atomic E-state index is -0.229. The average molecular weight is 219 g/mol. The van der Waals surface area contributed by atoms with Gasteiger partial charge < -0.3 is 10.3 Å². The zero-order valence-electron chi connectivity index (χ0n) is 9.29. The van der Waals surface area contributed by atoms with Gasteiger partial charge in [0.15, 0.2) is 0 Å². The summed E-state index contributed by atoms with van der Waals surface area (Å²) < 4.78 is 13.2. The number of halogens is 1. The Bertz CT molecular complexity index is 465. The topological polar surface area (TPSA) is 40.7 Å². The van der Waals surface area contributed by atoms with Crippen LogP contribution in [0.4, 0.5) is 4.39 Å². The van der Waals surface area contributed by atoms with Crippen LogP contribution in [-0.2, 0) is 0 Å². The molecule has 1 heterocycles. The molecule has 0 aliphatic heterocycles. The summed E-state index contributed by atoms with van der Waals surface area (Å²) in [6, 6.07) is 4.68. The van der Waals surface area contributed by atoms with E-state index in [0.717, 1.165) is 17.0 Å². The number of aromatic nitrogens is 2. The summed E-state index contributed by atoms with van der Waals surface area (Å²) in [6.07, 6.45) is 3.45. The Labute approximate surface area is 93.7 Å². The summed E-state index contributed by atoms with van der Waals surface area (Å²) in [5, 5.41) is 3.13. The van der Waals surface area contributed by atoms with Crippen LogP contribution in [0.25, 0.3) is 0 Å². The fraction of sp³-hybridized carbons (Fsp3) is 0.250. The van der Waals surface area contributed by atoms with Crippen LogP contribution in [0.5, 0.6) is 0 Å². The number of hydrogen-bond donors (Lipinski definition) is 2. The Morgan fingerprint density at radius 1 is 1.44 bits per heavy atom. The van der Waals surface area contributed by atoms with Gasteiger partial charge in [-0.3, -0.25) is 0 Å². The smallest absolute Gasteiger partial charge is 0.127 e. The van der Waals surface area contributed by atoms with Crippen molar-refractivity contribution in [3.05, 3.63) is 53.4 Å². The molecule has 1 aromatic carbocycles. The number of imidazole rings is 1. The number of aryl methyl sites for hydroxylation is 1. The predicted molar refractivity (Wildman–Crippen MR) is 60.6 cm³/mol. The van der Waals surface area contributed by atoms with Crippen molar-refractivity contribution in [3.63, 3.8) is 0 Å². The maximum absolute atomic E-state index is 13.2. The molecular weight excluding hydrogens is 205 g/mol. The molecule has 0 aliphatic rings. The quantitative estimate of drug-likeness (QED) is 0.830. The highest BCUT2D eigenvalue weighted by Crippen LogP contribution is 2.22. The monoisotopic (exact) mass is 219 g/mol. The highest BCUT2D eigenvalue weighted by Gasteiger charge is 2.16. The number of hydrogen-bond acceptors (Lipinski definition) is 2. The molecule has 2 rings (SSSR count). The molecule has 0 amide bonds. The van der Waals surface area contributed by atoms with Crippen molar-refractivity contribution in [2.75, 3.05) is 7.05 Å². The van der Waals surface area contributed by atoms with Crippen LogP contribution in [0, 0.1) is 12.7 Å². The molecule has 4 heteroatoms. The number of aromatic amines is 1. The minimum absolute atomic E-state index is 0.106. The van der Waals surface area contributed by atoms with Crippen molar-refractivity contribution in [1.29, 1.82) is 0 Å². The van der Waals surface area contributed by atoms with E-state index in [-0.39, 0.29) is 11.9 Å². The lowest BCUT2D eigenvalue weighted by Crippen LogP contribution is -2.20. The second kappa shape index (κ2) is 4.45. The van der Waals surface area contributed by atoms with Crippen LogP contribution in [0.3, 0.4) is 0 Å². The predicted octanol–water partition coefficient (Wildman–Crippen LogP) is 2.17. The van der Waals surface area contributed by atoms with E-state index in [1.165, 1.54) is 6.07 Å². The summed E-state index contributed by atoms with van der Waals surface area (Å²) in [5.74, 6) is 0.559. The van der Waals surface area contributed by atoms with Crippen LogP contribution in [0.2, 0.25) is 0 Å². The number of rotatable bonds is 3. The first-order valence-corrected chi connectivity index (χ1v) is 5.15. The van der Waals surface area contributed by atoms with E-state index in [0.29, 0.717) is 0 Å². The molecule has 1 atom stereocenters. The molecule has 3 nitrogen and oxygen atoms in total. The SMILES string of the molecule is CNC(c1ncc[nH]1)c1cc(F)ccc1C. The van der Waals surface area contributed by atoms with Crippen molar-refractivity contribution in [2.45, 2.75) is 13.0 Å². The zero-order valence-corrected chi connectivity index (χ0v) is 9.29. The Morgan fingerprint density at radius 2 is 2.25 bits per heavy atom. The third-order valence-corrected chi connectivity index (χ3v) is 2.63. The van der Waals surface area contributed by atoms with Crippen molar-refractivity contribution in [2.24, 2.45) is 0 Å². The summed E-state index contributed by atoms with van der Waals surface area (Å²) >= 11 is 0. The molecular formula is C12H14FN3. The largest absolute Gasteiger partial charge is 0.347 e. The maximum Gasteiger partial charge on any atom is 0.127 e. The third-order valence-electron chi connectivity index (χ3n) is 2.63. The van der Waals surface area contributed by atoms with Crippen molar-refractivity contribution >= 4 is 0 Å². The number of H-pyrrole nitrogens is 1. The third kappa shape index (κ3) is 1.97. The molecule has 84 valence electrons. The first kappa shape index (κ1) is 10.8. The van der Waals surface area contributed by atoms with E-state index in [1.54, 1.807) is 24.5 Å². The number of nitrogens with one attached hydrogen (secondary N) is 2. The Balaban J connectivity index is 2.44. The molecule has 0 spiro atoms. The fourth-order valence-corrected chi connectivity index (χ4v) is 1.80. The van der Waals surface area contributed by atoms with Crippen molar-refractivity contribution in [1.82, 2.24) is 15.3 Å². The molecule has 0 radical (unpaired) electrons. The lowest BCUT2D eigenvalue weighted by molar-refractivity contribution is 0.608. The Kier molecular flexibility index (Phi) is 3.01. The first-order valence-electron chi connectivity index (χ1n) is 5.15. The summed E-state index contributed by atoms with van der Waals surface area (Å²) in [4.78, 5) is 7.23. The Hall–Kier alpha value is -1.68. The van der Waals surface area contributed by atoms with Gasteiger partial charge in [0.25, 0.3) is 0 Å². The highest BCUT2D eigenvalue weighted by atomic mass is 19.1. The van der Waals surface area contributed by atoms with Crippen LogP contribution < -0.4 is 5.32 Å². The molecule has 0 aliphatic carbocycles.